The van der Waals surface area contributed by atoms with Gasteiger partial charge in [0.05, 0.1) is 22.2 Å². The number of pyridine rings is 1. The predicted molar refractivity (Wildman–Crippen MR) is 254 cm³/mol. The molecule has 0 spiro atoms. The monoisotopic (exact) mass is 780 g/mol. The maximum atomic E-state index is 6.69. The molecule has 0 fully saturated rings. The number of nitrogens with zero attached hydrogens (tertiary/aromatic N) is 2. The smallest absolute Gasteiger partial charge is 0.137 e. The summed E-state index contributed by atoms with van der Waals surface area (Å²) in [5.41, 5.74) is 8.82. The van der Waals surface area contributed by atoms with E-state index < -0.39 is 0 Å². The van der Waals surface area contributed by atoms with Crippen LogP contribution in [0.15, 0.2) is 170 Å². The number of para-hydroxylation sites is 3. The third-order valence-electron chi connectivity index (χ3n) is 11.8. The highest BCUT2D eigenvalue weighted by molar-refractivity contribution is 6.20. The molecule has 0 atom stereocenters. The molecular formula is C55H48N4O. The number of rotatable bonds is 8. The number of benzene rings is 7. The maximum absolute atomic E-state index is 6.69. The lowest BCUT2D eigenvalue weighted by molar-refractivity contribution is 0.483. The van der Waals surface area contributed by atoms with E-state index >= 15 is 0 Å². The molecule has 10 rings (SSSR count). The molecule has 5 nitrogen and oxygen atoms in total. The zero-order valence-corrected chi connectivity index (χ0v) is 34.6. The summed E-state index contributed by atoms with van der Waals surface area (Å²) < 4.78 is 8.94. The molecule has 7 aromatic carbocycles. The first kappa shape index (κ1) is 37.2. The molecule has 0 aliphatic rings. The summed E-state index contributed by atoms with van der Waals surface area (Å²) in [6.07, 6.45) is 5.17. The van der Waals surface area contributed by atoms with Crippen LogP contribution in [0.3, 0.4) is 0 Å². The van der Waals surface area contributed by atoms with Crippen molar-refractivity contribution in [3.63, 3.8) is 0 Å². The number of hydrogen-bond donors (Lipinski definition) is 2. The van der Waals surface area contributed by atoms with Crippen molar-refractivity contribution in [3.05, 3.63) is 181 Å². The maximum Gasteiger partial charge on any atom is 0.137 e. The van der Waals surface area contributed by atoms with Crippen LogP contribution >= 0.6 is 0 Å². The highest BCUT2D eigenvalue weighted by atomic mass is 16.5. The van der Waals surface area contributed by atoms with E-state index in [1.807, 2.05) is 18.3 Å². The van der Waals surface area contributed by atoms with Crippen molar-refractivity contribution in [1.29, 1.82) is 0 Å². The van der Waals surface area contributed by atoms with Gasteiger partial charge in [-0.1, -0.05) is 137 Å². The van der Waals surface area contributed by atoms with Gasteiger partial charge < -0.3 is 15.0 Å². The van der Waals surface area contributed by atoms with Crippen molar-refractivity contribution in [2.45, 2.75) is 52.4 Å². The zero-order valence-electron chi connectivity index (χ0n) is 34.6. The molecule has 3 aromatic heterocycles. The minimum absolute atomic E-state index is 0.00484. The lowest BCUT2D eigenvalue weighted by Gasteiger charge is -2.20. The van der Waals surface area contributed by atoms with Gasteiger partial charge in [0.1, 0.15) is 17.3 Å². The molecule has 60 heavy (non-hydrogen) atoms. The van der Waals surface area contributed by atoms with Gasteiger partial charge in [-0.15, -0.1) is 0 Å². The lowest BCUT2D eigenvalue weighted by atomic mass is 9.88. The number of aromatic nitrogens is 3. The van der Waals surface area contributed by atoms with Gasteiger partial charge in [-0.25, -0.2) is 4.98 Å². The van der Waals surface area contributed by atoms with Crippen molar-refractivity contribution < 1.29 is 4.74 Å². The van der Waals surface area contributed by atoms with E-state index in [0.29, 0.717) is 0 Å². The molecule has 0 amide bonds. The molecule has 0 aliphatic heterocycles. The lowest BCUT2D eigenvalue weighted by Crippen LogP contribution is -2.12. The number of nitrogens with one attached hydrogen (secondary N) is 2. The van der Waals surface area contributed by atoms with Gasteiger partial charge in [-0.3, -0.25) is 4.57 Å². The topological polar surface area (TPSA) is 54.9 Å². The Morgan fingerprint density at radius 3 is 1.92 bits per heavy atom. The average Bonchev–Trinajstić information content (AvgIpc) is 3.61. The minimum atomic E-state index is -0.00484. The second-order valence-electron chi connectivity index (χ2n) is 16.8. The van der Waals surface area contributed by atoms with Gasteiger partial charge in [0.25, 0.3) is 0 Å². The summed E-state index contributed by atoms with van der Waals surface area (Å²) in [7, 11) is 0. The van der Waals surface area contributed by atoms with Gasteiger partial charge in [0, 0.05) is 51.1 Å². The standard InChI is InChI=1S/C55H48N4O/c1-5-6-16-36-17-13-25-47-43-22-9-7-20-41(43)42-21-8-10-23-44(42)48-26-15-27-49(54(48)58-53(36)47)57-38-18-14-19-39(34-38)60-40-29-30-46-45-24-11-12-28-50(45)59(51(46)35-40)52-33-37(31-32-56-52)55(2,3)4/h7-15,17-35,57-58H,5-6,16H2,1-4H3. The molecule has 10 aromatic rings. The van der Waals surface area contributed by atoms with Crippen LogP contribution in [0.25, 0.3) is 71.0 Å². The second-order valence-corrected chi connectivity index (χ2v) is 16.8. The Labute approximate surface area is 350 Å². The minimum Gasteiger partial charge on any atom is -0.457 e. The van der Waals surface area contributed by atoms with Crippen LogP contribution < -0.4 is 10.1 Å². The summed E-state index contributed by atoms with van der Waals surface area (Å²) in [4.78, 5) is 8.91. The van der Waals surface area contributed by atoms with Crippen molar-refractivity contribution >= 4 is 76.5 Å². The first-order valence-corrected chi connectivity index (χ1v) is 21.1. The van der Waals surface area contributed by atoms with E-state index in [0.717, 1.165) is 80.8 Å². The Bertz CT molecular complexity index is 3310. The summed E-state index contributed by atoms with van der Waals surface area (Å²) in [5.74, 6) is 2.39. The van der Waals surface area contributed by atoms with Crippen LogP contribution in [-0.4, -0.2) is 14.5 Å². The number of ether oxygens (including phenoxy) is 1. The van der Waals surface area contributed by atoms with E-state index in [-0.39, 0.29) is 5.41 Å². The number of H-pyrrole nitrogens is 1. The molecule has 0 aliphatic carbocycles. The number of fused-ring (bicyclic) bond motifs is 10. The van der Waals surface area contributed by atoms with Crippen LogP contribution in [0.5, 0.6) is 11.5 Å². The van der Waals surface area contributed by atoms with Crippen LogP contribution in [-0.2, 0) is 11.8 Å². The van der Waals surface area contributed by atoms with E-state index in [4.69, 9.17) is 9.72 Å². The Morgan fingerprint density at radius 1 is 0.567 bits per heavy atom. The van der Waals surface area contributed by atoms with Gasteiger partial charge >= 0.3 is 0 Å². The molecule has 5 heteroatoms. The molecule has 3 heterocycles. The molecule has 0 bridgehead atoms. The summed E-state index contributed by atoms with van der Waals surface area (Å²) in [6, 6.07) is 58.3. The van der Waals surface area contributed by atoms with Gasteiger partial charge in [0.2, 0.25) is 0 Å². The van der Waals surface area contributed by atoms with Gasteiger partial charge in [-0.2, -0.15) is 0 Å². The van der Waals surface area contributed by atoms with E-state index in [9.17, 15) is 0 Å². The van der Waals surface area contributed by atoms with E-state index in [1.165, 1.54) is 43.4 Å². The fraction of sp³-hybridized carbons (Fsp3) is 0.145. The normalized spacial score (nSPS) is 11.9. The second kappa shape index (κ2) is 15.2. The van der Waals surface area contributed by atoms with E-state index in [2.05, 4.69) is 194 Å². The summed E-state index contributed by atoms with van der Waals surface area (Å²) >= 11 is 0. The Hall–Kier alpha value is -7.11. The van der Waals surface area contributed by atoms with Crippen molar-refractivity contribution in [3.8, 4) is 17.3 Å². The van der Waals surface area contributed by atoms with Crippen LogP contribution in [0, 0.1) is 0 Å². The van der Waals surface area contributed by atoms with E-state index in [1.54, 1.807) is 0 Å². The third-order valence-corrected chi connectivity index (χ3v) is 11.8. The average molecular weight is 781 g/mol. The fourth-order valence-electron chi connectivity index (χ4n) is 8.79. The molecule has 0 unspecified atom stereocenters. The molecule has 0 radical (unpaired) electrons. The molecule has 0 saturated heterocycles. The number of aryl methyl sites for hydroxylation is 1. The van der Waals surface area contributed by atoms with Gasteiger partial charge in [0.15, 0.2) is 0 Å². The van der Waals surface area contributed by atoms with Crippen LogP contribution in [0.1, 0.15) is 51.7 Å². The van der Waals surface area contributed by atoms with Crippen molar-refractivity contribution in [1.82, 2.24) is 14.5 Å². The fourth-order valence-corrected chi connectivity index (χ4v) is 8.79. The van der Waals surface area contributed by atoms with Crippen molar-refractivity contribution in [2.24, 2.45) is 0 Å². The summed E-state index contributed by atoms with van der Waals surface area (Å²) in [6.45, 7) is 8.97. The molecule has 294 valence electrons. The largest absolute Gasteiger partial charge is 0.457 e. The van der Waals surface area contributed by atoms with Crippen LogP contribution in [0.4, 0.5) is 11.4 Å². The first-order valence-electron chi connectivity index (χ1n) is 21.1. The highest BCUT2D eigenvalue weighted by Gasteiger charge is 2.18. The molecule has 2 N–H and O–H groups in total. The van der Waals surface area contributed by atoms with Crippen LogP contribution in [0.2, 0.25) is 0 Å². The Balaban J connectivity index is 1.09. The predicted octanol–water partition coefficient (Wildman–Crippen LogP) is 15.4. The number of unbranched alkanes of at least 4 members (excludes halogenated alkanes) is 1. The zero-order chi connectivity index (χ0) is 40.8. The number of hydrogen-bond acceptors (Lipinski definition) is 3. The highest BCUT2D eigenvalue weighted by Crippen LogP contribution is 2.38. The number of aromatic amines is 1. The SMILES string of the molecule is CCCCc1cccc2c1[nH]c1c(Nc3cccc(Oc4ccc5c6ccccc6n(-c6cc(C(C)(C)C)ccn6)c5c4)c3)cccc1c1ccccc1c1ccccc21. The quantitative estimate of drug-likeness (QED) is 0.161. The Kier molecular flexibility index (Phi) is 9.45. The van der Waals surface area contributed by atoms with Gasteiger partial charge in [-0.05, 0) is 99.5 Å². The first-order chi connectivity index (χ1) is 29.3. The third kappa shape index (κ3) is 6.76. The summed E-state index contributed by atoms with van der Waals surface area (Å²) in [5, 5.41) is 13.4. The van der Waals surface area contributed by atoms with Crippen molar-refractivity contribution in [2.75, 3.05) is 5.32 Å². The number of anilines is 2. The Morgan fingerprint density at radius 2 is 1.18 bits per heavy atom. The molecule has 0 saturated carbocycles. The molecular weight excluding hydrogens is 733 g/mol.